The van der Waals surface area contributed by atoms with Gasteiger partial charge in [0, 0.05) is 24.1 Å². The Balaban J connectivity index is 2.65. The first-order valence-electron chi connectivity index (χ1n) is 5.26. The number of nitrogens with zero attached hydrogens (tertiary/aromatic N) is 1. The van der Waals surface area contributed by atoms with Crippen molar-refractivity contribution in [1.29, 1.82) is 0 Å². The molecule has 0 aliphatic rings. The van der Waals surface area contributed by atoms with Crippen molar-refractivity contribution in [3.8, 4) is 11.3 Å². The van der Waals surface area contributed by atoms with E-state index in [2.05, 4.69) is 9.97 Å². The Morgan fingerprint density at radius 1 is 1.11 bits per heavy atom. The molecule has 0 radical (unpaired) electrons. The number of aryl methyl sites for hydroxylation is 1. The summed E-state index contributed by atoms with van der Waals surface area (Å²) in [6.45, 7) is 1.75. The monoisotopic (exact) mass is 254 g/mol. The van der Waals surface area contributed by atoms with E-state index >= 15 is 0 Å². The lowest BCUT2D eigenvalue weighted by Crippen LogP contribution is -2.11. The molecule has 1 heterocycles. The predicted octanol–water partition coefficient (Wildman–Crippen LogP) is 2.42. The molecule has 0 amide bonds. The van der Waals surface area contributed by atoms with Gasteiger partial charge in [-0.3, -0.25) is 4.79 Å². The van der Waals surface area contributed by atoms with Gasteiger partial charge in [0.25, 0.3) is 5.56 Å². The molecule has 2 aromatic rings. The first kappa shape index (κ1) is 12.3. The third kappa shape index (κ3) is 2.27. The lowest BCUT2D eigenvalue weighted by Gasteiger charge is -2.05. The van der Waals surface area contributed by atoms with Crippen LogP contribution in [0.1, 0.15) is 12.7 Å². The van der Waals surface area contributed by atoms with E-state index in [4.69, 9.17) is 0 Å². The van der Waals surface area contributed by atoms with Gasteiger partial charge in [0.1, 0.15) is 11.6 Å². The summed E-state index contributed by atoms with van der Waals surface area (Å²) in [7, 11) is 0. The van der Waals surface area contributed by atoms with Gasteiger partial charge in [0.15, 0.2) is 11.6 Å². The van der Waals surface area contributed by atoms with E-state index in [1.807, 2.05) is 0 Å². The smallest absolute Gasteiger partial charge is 0.251 e. The lowest BCUT2D eigenvalue weighted by atomic mass is 10.1. The third-order valence-electron chi connectivity index (χ3n) is 2.41. The summed E-state index contributed by atoms with van der Waals surface area (Å²) in [6.07, 6.45) is 0.439. The first-order valence-corrected chi connectivity index (χ1v) is 5.26. The third-order valence-corrected chi connectivity index (χ3v) is 2.41. The zero-order valence-corrected chi connectivity index (χ0v) is 9.43. The van der Waals surface area contributed by atoms with Crippen molar-refractivity contribution in [3.63, 3.8) is 0 Å². The number of aromatic amines is 1. The number of H-pyrrole nitrogens is 1. The predicted molar refractivity (Wildman–Crippen MR) is 59.5 cm³/mol. The van der Waals surface area contributed by atoms with Crippen molar-refractivity contribution in [2.75, 3.05) is 0 Å². The van der Waals surface area contributed by atoms with Gasteiger partial charge >= 0.3 is 0 Å². The van der Waals surface area contributed by atoms with Crippen molar-refractivity contribution in [2.24, 2.45) is 0 Å². The minimum atomic E-state index is -1.28. The summed E-state index contributed by atoms with van der Waals surface area (Å²) < 4.78 is 39.4. The fourth-order valence-electron chi connectivity index (χ4n) is 1.53. The van der Waals surface area contributed by atoms with Crippen molar-refractivity contribution in [2.45, 2.75) is 13.3 Å². The molecular formula is C12H9F3N2O. The molecule has 1 aromatic heterocycles. The van der Waals surface area contributed by atoms with Crippen LogP contribution in [0.5, 0.6) is 0 Å². The number of aromatic nitrogens is 2. The van der Waals surface area contributed by atoms with Crippen LogP contribution >= 0.6 is 0 Å². The van der Waals surface area contributed by atoms with Crippen LogP contribution in [0.3, 0.4) is 0 Å². The molecule has 3 nitrogen and oxygen atoms in total. The van der Waals surface area contributed by atoms with Crippen molar-refractivity contribution >= 4 is 0 Å². The number of halogens is 3. The van der Waals surface area contributed by atoms with Crippen molar-refractivity contribution in [1.82, 2.24) is 9.97 Å². The molecule has 2 rings (SSSR count). The molecule has 1 aromatic carbocycles. The summed E-state index contributed by atoms with van der Waals surface area (Å²) in [5, 5.41) is 0. The summed E-state index contributed by atoms with van der Waals surface area (Å²) in [5.41, 5.74) is -0.734. The molecular weight excluding hydrogens is 245 g/mol. The molecule has 0 saturated heterocycles. The molecule has 18 heavy (non-hydrogen) atoms. The molecule has 0 aliphatic heterocycles. The van der Waals surface area contributed by atoms with Gasteiger partial charge in [-0.25, -0.2) is 18.2 Å². The SMILES string of the molecule is CCc1nc(-c2cc(F)c(F)cc2F)cc(=O)[nH]1. The highest BCUT2D eigenvalue weighted by Crippen LogP contribution is 2.22. The molecule has 0 atom stereocenters. The molecule has 6 heteroatoms. The zero-order valence-electron chi connectivity index (χ0n) is 9.43. The van der Waals surface area contributed by atoms with Crippen molar-refractivity contribution in [3.05, 3.63) is 51.8 Å². The Hall–Kier alpha value is -2.11. The number of benzene rings is 1. The van der Waals surface area contributed by atoms with Crippen molar-refractivity contribution < 1.29 is 13.2 Å². The Morgan fingerprint density at radius 2 is 1.78 bits per heavy atom. The Morgan fingerprint density at radius 3 is 2.44 bits per heavy atom. The van der Waals surface area contributed by atoms with E-state index in [1.54, 1.807) is 6.92 Å². The van der Waals surface area contributed by atoms with E-state index in [0.717, 1.165) is 6.07 Å². The number of nitrogens with one attached hydrogen (secondary N) is 1. The Labute approximate surface area is 100 Å². The molecule has 0 unspecified atom stereocenters. The maximum Gasteiger partial charge on any atom is 0.251 e. The second kappa shape index (κ2) is 4.64. The molecule has 0 aliphatic carbocycles. The fourth-order valence-corrected chi connectivity index (χ4v) is 1.53. The molecule has 0 bridgehead atoms. The van der Waals surface area contributed by atoms with Crippen LogP contribution in [0, 0.1) is 17.5 Å². The lowest BCUT2D eigenvalue weighted by molar-refractivity contribution is 0.496. The minimum absolute atomic E-state index is 0.0213. The second-order valence-corrected chi connectivity index (χ2v) is 3.68. The van der Waals surface area contributed by atoms with Crippen LogP contribution in [0.25, 0.3) is 11.3 Å². The highest BCUT2D eigenvalue weighted by Gasteiger charge is 2.13. The van der Waals surface area contributed by atoms with Crippen LogP contribution in [0.4, 0.5) is 13.2 Å². The number of rotatable bonds is 2. The van der Waals surface area contributed by atoms with Crippen LogP contribution in [0.2, 0.25) is 0 Å². The molecule has 1 N–H and O–H groups in total. The van der Waals surface area contributed by atoms with E-state index in [1.165, 1.54) is 0 Å². The number of hydrogen-bond acceptors (Lipinski definition) is 2. The first-order chi connectivity index (χ1) is 8.51. The second-order valence-electron chi connectivity index (χ2n) is 3.68. The minimum Gasteiger partial charge on any atom is -0.311 e. The maximum atomic E-state index is 13.5. The summed E-state index contributed by atoms with van der Waals surface area (Å²) in [5.74, 6) is -3.08. The average Bonchev–Trinajstić information content (AvgIpc) is 2.33. The molecule has 94 valence electrons. The fraction of sp³-hybridized carbons (Fsp3) is 0.167. The standard InChI is InChI=1S/C12H9F3N2O/c1-2-11-16-10(5-12(18)17-11)6-3-8(14)9(15)4-7(6)13/h3-5H,2H2,1H3,(H,16,17,18). The van der Waals surface area contributed by atoms with Crippen LogP contribution < -0.4 is 5.56 Å². The van der Waals surface area contributed by atoms with Gasteiger partial charge in [0.05, 0.1) is 5.69 Å². The van der Waals surface area contributed by atoms with Gasteiger partial charge in [-0.2, -0.15) is 0 Å². The van der Waals surface area contributed by atoms with Gasteiger partial charge < -0.3 is 4.98 Å². The Kier molecular flexibility index (Phi) is 3.18. The highest BCUT2D eigenvalue weighted by atomic mass is 19.2. The summed E-state index contributed by atoms with van der Waals surface area (Å²) >= 11 is 0. The molecule has 0 saturated carbocycles. The maximum absolute atomic E-state index is 13.5. The van der Waals surface area contributed by atoms with Crippen LogP contribution in [0.15, 0.2) is 23.0 Å². The van der Waals surface area contributed by atoms with E-state index in [9.17, 15) is 18.0 Å². The molecule has 0 fully saturated rings. The molecule has 0 spiro atoms. The zero-order chi connectivity index (χ0) is 13.3. The topological polar surface area (TPSA) is 45.8 Å². The van der Waals surface area contributed by atoms with Gasteiger partial charge in [-0.1, -0.05) is 6.92 Å². The van der Waals surface area contributed by atoms with E-state index in [-0.39, 0.29) is 11.3 Å². The van der Waals surface area contributed by atoms with Crippen LogP contribution in [-0.2, 0) is 6.42 Å². The largest absolute Gasteiger partial charge is 0.311 e. The number of hydrogen-bond donors (Lipinski definition) is 1. The van der Waals surface area contributed by atoms with Gasteiger partial charge in [0.2, 0.25) is 0 Å². The van der Waals surface area contributed by atoms with Gasteiger partial charge in [-0.05, 0) is 6.07 Å². The normalized spacial score (nSPS) is 10.7. The quantitative estimate of drug-likeness (QED) is 0.836. The van der Waals surface area contributed by atoms with Crippen LogP contribution in [-0.4, -0.2) is 9.97 Å². The summed E-state index contributed by atoms with van der Waals surface area (Å²) in [6, 6.07) is 2.15. The van der Waals surface area contributed by atoms with E-state index in [0.29, 0.717) is 24.4 Å². The van der Waals surface area contributed by atoms with E-state index < -0.39 is 23.0 Å². The highest BCUT2D eigenvalue weighted by molar-refractivity contribution is 5.59. The Bertz CT molecular complexity index is 652. The summed E-state index contributed by atoms with van der Waals surface area (Å²) in [4.78, 5) is 17.7. The average molecular weight is 254 g/mol. The van der Waals surface area contributed by atoms with Gasteiger partial charge in [-0.15, -0.1) is 0 Å².